The normalized spacial score (nSPS) is 20.9. The largest absolute Gasteiger partial charge is 0.462 e. The SMILES string of the molecule is CCOC(=O)c1ccc(N2CCC[N+]3=C2N=C2C3C(=O)N(CC(C)C)C(=O)N2C)cc1. The highest BCUT2D eigenvalue weighted by molar-refractivity contribution is 6.24. The van der Waals surface area contributed by atoms with E-state index in [1.807, 2.05) is 35.5 Å². The highest BCUT2D eigenvalue weighted by atomic mass is 16.5. The third-order valence-corrected chi connectivity index (χ3v) is 5.65. The summed E-state index contributed by atoms with van der Waals surface area (Å²) in [6, 6.07) is 6.25. The number of hydrogen-bond donors (Lipinski definition) is 0. The van der Waals surface area contributed by atoms with Crippen molar-refractivity contribution in [1.82, 2.24) is 9.80 Å². The minimum Gasteiger partial charge on any atom is -0.462 e. The Labute approximate surface area is 181 Å². The fourth-order valence-corrected chi connectivity index (χ4v) is 4.22. The molecule has 3 aliphatic rings. The molecule has 0 spiro atoms. The van der Waals surface area contributed by atoms with E-state index in [1.165, 1.54) is 9.80 Å². The molecule has 1 aromatic rings. The highest BCUT2D eigenvalue weighted by Crippen LogP contribution is 2.27. The summed E-state index contributed by atoms with van der Waals surface area (Å²) in [6.45, 7) is 7.87. The number of fused-ring (bicyclic) bond motifs is 2. The molecule has 0 bridgehead atoms. The predicted octanol–water partition coefficient (Wildman–Crippen LogP) is 1.77. The molecule has 9 heteroatoms. The van der Waals surface area contributed by atoms with E-state index in [0.29, 0.717) is 37.1 Å². The summed E-state index contributed by atoms with van der Waals surface area (Å²) in [7, 11) is 1.67. The summed E-state index contributed by atoms with van der Waals surface area (Å²) in [6.07, 6.45) is 0.845. The number of imide groups is 1. The number of anilines is 1. The zero-order chi connectivity index (χ0) is 22.3. The van der Waals surface area contributed by atoms with Gasteiger partial charge in [0.15, 0.2) is 0 Å². The van der Waals surface area contributed by atoms with Gasteiger partial charge >= 0.3 is 18.0 Å². The van der Waals surface area contributed by atoms with Gasteiger partial charge < -0.3 is 4.74 Å². The van der Waals surface area contributed by atoms with Crippen molar-refractivity contribution in [2.45, 2.75) is 33.2 Å². The van der Waals surface area contributed by atoms with Crippen molar-refractivity contribution in [3.8, 4) is 0 Å². The number of amidine groups is 1. The molecule has 1 saturated heterocycles. The van der Waals surface area contributed by atoms with E-state index >= 15 is 0 Å². The molecule has 3 amide bonds. The summed E-state index contributed by atoms with van der Waals surface area (Å²) >= 11 is 0. The molecule has 1 unspecified atom stereocenters. The average Bonchev–Trinajstić information content (AvgIpc) is 3.15. The first-order chi connectivity index (χ1) is 14.8. The van der Waals surface area contributed by atoms with Crippen LogP contribution in [0.5, 0.6) is 0 Å². The molecular formula is C22H28N5O4+. The third kappa shape index (κ3) is 3.58. The van der Waals surface area contributed by atoms with Crippen molar-refractivity contribution in [3.63, 3.8) is 0 Å². The Morgan fingerprint density at radius 2 is 1.97 bits per heavy atom. The molecular weight excluding hydrogens is 398 g/mol. The number of esters is 1. The summed E-state index contributed by atoms with van der Waals surface area (Å²) in [5, 5.41) is 0. The lowest BCUT2D eigenvalue weighted by Crippen LogP contribution is -2.63. The van der Waals surface area contributed by atoms with E-state index in [-0.39, 0.29) is 23.8 Å². The van der Waals surface area contributed by atoms with Crippen LogP contribution in [0.1, 0.15) is 37.6 Å². The van der Waals surface area contributed by atoms with Crippen LogP contribution in [0.15, 0.2) is 29.3 Å². The molecule has 1 atom stereocenters. The van der Waals surface area contributed by atoms with Gasteiger partial charge in [0, 0.05) is 20.0 Å². The van der Waals surface area contributed by atoms with Crippen molar-refractivity contribution < 1.29 is 23.7 Å². The number of ether oxygens (including phenoxy) is 1. The van der Waals surface area contributed by atoms with Crippen LogP contribution in [0.3, 0.4) is 0 Å². The van der Waals surface area contributed by atoms with Crippen LogP contribution in [-0.2, 0) is 9.53 Å². The monoisotopic (exact) mass is 426 g/mol. The van der Waals surface area contributed by atoms with Gasteiger partial charge in [-0.1, -0.05) is 18.8 Å². The number of urea groups is 1. The van der Waals surface area contributed by atoms with Crippen LogP contribution in [0.25, 0.3) is 0 Å². The van der Waals surface area contributed by atoms with Gasteiger partial charge in [0.05, 0.1) is 25.3 Å². The first-order valence-corrected chi connectivity index (χ1v) is 10.7. The van der Waals surface area contributed by atoms with E-state index in [4.69, 9.17) is 9.73 Å². The first-order valence-electron chi connectivity index (χ1n) is 10.7. The number of carbonyl (C=O) groups is 3. The molecule has 0 radical (unpaired) electrons. The molecule has 3 aliphatic heterocycles. The van der Waals surface area contributed by atoms with Crippen LogP contribution >= 0.6 is 0 Å². The van der Waals surface area contributed by atoms with Gasteiger partial charge in [0.25, 0.3) is 5.91 Å². The molecule has 0 aliphatic carbocycles. The van der Waals surface area contributed by atoms with Gasteiger partial charge in [-0.25, -0.2) is 19.1 Å². The Hall–Kier alpha value is -3.23. The Morgan fingerprint density at radius 1 is 1.26 bits per heavy atom. The van der Waals surface area contributed by atoms with E-state index in [2.05, 4.69) is 0 Å². The third-order valence-electron chi connectivity index (χ3n) is 5.65. The fraction of sp³-hybridized carbons (Fsp3) is 0.500. The second-order valence-corrected chi connectivity index (χ2v) is 8.32. The number of aliphatic imine (C=N–C) groups is 1. The molecule has 9 nitrogen and oxygen atoms in total. The Balaban J connectivity index is 1.66. The van der Waals surface area contributed by atoms with Crippen molar-refractivity contribution in [1.29, 1.82) is 0 Å². The van der Waals surface area contributed by atoms with Gasteiger partial charge in [-0.3, -0.25) is 14.6 Å². The van der Waals surface area contributed by atoms with Crippen molar-refractivity contribution in [3.05, 3.63) is 29.8 Å². The maximum atomic E-state index is 13.3. The first kappa shape index (κ1) is 21.0. The van der Waals surface area contributed by atoms with Gasteiger partial charge in [-0.2, -0.15) is 0 Å². The van der Waals surface area contributed by atoms with Gasteiger partial charge in [-0.15, -0.1) is 0 Å². The van der Waals surface area contributed by atoms with Gasteiger partial charge in [0.1, 0.15) is 5.69 Å². The lowest BCUT2D eigenvalue weighted by molar-refractivity contribution is -0.539. The van der Waals surface area contributed by atoms with Crippen LogP contribution in [-0.4, -0.2) is 83.4 Å². The van der Waals surface area contributed by atoms with Crippen molar-refractivity contribution in [2.75, 3.05) is 38.2 Å². The van der Waals surface area contributed by atoms with Crippen molar-refractivity contribution >= 4 is 35.4 Å². The van der Waals surface area contributed by atoms with Crippen LogP contribution < -0.4 is 4.90 Å². The Bertz CT molecular complexity index is 982. The smallest absolute Gasteiger partial charge is 0.397 e. The zero-order valence-corrected chi connectivity index (χ0v) is 18.4. The van der Waals surface area contributed by atoms with Gasteiger partial charge in [0.2, 0.25) is 11.9 Å². The van der Waals surface area contributed by atoms with Crippen LogP contribution in [0.4, 0.5) is 10.5 Å². The number of benzene rings is 1. The standard InChI is InChI=1S/C22H28N5O4/c1-5-31-20(29)15-7-9-16(10-8-15)25-11-6-12-26-17-18(23-21(25)26)24(4)22(30)27(19(17)28)13-14(2)3/h7-10,14,17H,5-6,11-13H2,1-4H3/q+1. The maximum absolute atomic E-state index is 13.3. The van der Waals surface area contributed by atoms with E-state index in [1.54, 1.807) is 26.1 Å². The van der Waals surface area contributed by atoms with Gasteiger partial charge in [-0.05, 0) is 37.1 Å². The second-order valence-electron chi connectivity index (χ2n) is 8.32. The molecule has 1 fully saturated rings. The number of rotatable bonds is 5. The molecule has 164 valence electrons. The number of carbonyl (C=O) groups excluding carboxylic acids is 3. The number of amides is 3. The molecule has 0 aromatic heterocycles. The quantitative estimate of drug-likeness (QED) is 0.529. The topological polar surface area (TPSA) is 85.5 Å². The molecule has 1 aromatic carbocycles. The highest BCUT2D eigenvalue weighted by Gasteiger charge is 2.54. The van der Waals surface area contributed by atoms with Crippen LogP contribution in [0.2, 0.25) is 0 Å². The number of nitrogens with zero attached hydrogens (tertiary/aromatic N) is 5. The molecule has 0 N–H and O–H groups in total. The Morgan fingerprint density at radius 3 is 2.61 bits per heavy atom. The minimum atomic E-state index is -0.585. The molecule has 31 heavy (non-hydrogen) atoms. The van der Waals surface area contributed by atoms with E-state index in [9.17, 15) is 14.4 Å². The average molecular weight is 426 g/mol. The second kappa shape index (κ2) is 8.13. The summed E-state index contributed by atoms with van der Waals surface area (Å²) in [5.41, 5.74) is 1.36. The van der Waals surface area contributed by atoms with Crippen molar-refractivity contribution in [2.24, 2.45) is 10.9 Å². The Kier molecular flexibility index (Phi) is 5.51. The summed E-state index contributed by atoms with van der Waals surface area (Å²) in [5.74, 6) is 0.741. The van der Waals surface area contributed by atoms with Crippen LogP contribution in [0, 0.1) is 5.92 Å². The van der Waals surface area contributed by atoms with E-state index < -0.39 is 6.04 Å². The summed E-state index contributed by atoms with van der Waals surface area (Å²) in [4.78, 5) is 47.6. The number of likely N-dealkylation sites (N-methyl/N-ethyl adjacent to an activating group) is 1. The maximum Gasteiger partial charge on any atom is 0.397 e. The zero-order valence-electron chi connectivity index (χ0n) is 18.4. The minimum absolute atomic E-state index is 0.181. The number of guanidine groups is 1. The lowest BCUT2D eigenvalue weighted by Gasteiger charge is -2.35. The molecule has 0 saturated carbocycles. The van der Waals surface area contributed by atoms with E-state index in [0.717, 1.165) is 18.7 Å². The lowest BCUT2D eigenvalue weighted by atomic mass is 10.1. The predicted molar refractivity (Wildman–Crippen MR) is 115 cm³/mol. The summed E-state index contributed by atoms with van der Waals surface area (Å²) < 4.78 is 7.03. The fourth-order valence-electron chi connectivity index (χ4n) is 4.22. The molecule has 4 rings (SSSR count). The number of hydrogen-bond acceptors (Lipinski definition) is 6. The molecule has 3 heterocycles.